The summed E-state index contributed by atoms with van der Waals surface area (Å²) < 4.78 is 99.7. The van der Waals surface area contributed by atoms with Crippen LogP contribution in [0, 0.1) is 23.3 Å². The normalized spacial score (nSPS) is 11.4. The van der Waals surface area contributed by atoms with Crippen LogP contribution in [-0.2, 0) is 0 Å². The summed E-state index contributed by atoms with van der Waals surface area (Å²) in [5.41, 5.74) is -5.91. The molecule has 3 aromatic rings. The molecular weight excluding hydrogens is 519 g/mol. The molecule has 0 saturated carbocycles. The minimum absolute atomic E-state index is 0.0461. The van der Waals surface area contributed by atoms with E-state index in [1.165, 1.54) is 5.32 Å². The maximum Gasteiger partial charge on any atom is 0.573 e. The van der Waals surface area contributed by atoms with Gasteiger partial charge in [0.05, 0.1) is 16.7 Å². The number of rotatable bonds is 5. The van der Waals surface area contributed by atoms with Crippen molar-refractivity contribution in [3.63, 3.8) is 0 Å². The van der Waals surface area contributed by atoms with Crippen LogP contribution in [0.3, 0.4) is 0 Å². The van der Waals surface area contributed by atoms with Gasteiger partial charge in [0, 0.05) is 6.07 Å². The number of hydrogen-bond donors (Lipinski definition) is 5. The summed E-state index contributed by atoms with van der Waals surface area (Å²) in [6, 6.07) is 0.986. The van der Waals surface area contributed by atoms with E-state index in [-0.39, 0.29) is 6.07 Å². The second-order valence-corrected chi connectivity index (χ2v) is 7.36. The van der Waals surface area contributed by atoms with Gasteiger partial charge < -0.3 is 30.5 Å². The van der Waals surface area contributed by atoms with Crippen molar-refractivity contribution in [2.45, 2.75) is 6.36 Å². The molecule has 0 spiro atoms. The van der Waals surface area contributed by atoms with E-state index in [0.29, 0.717) is 11.3 Å². The molecule has 1 aromatic heterocycles. The summed E-state index contributed by atoms with van der Waals surface area (Å²) in [6.07, 6.45) is -5.55. The zero-order chi connectivity index (χ0) is 26.4. The van der Waals surface area contributed by atoms with E-state index in [0.717, 1.165) is 11.4 Å². The largest absolute Gasteiger partial charge is 0.573 e. The third-order valence-electron chi connectivity index (χ3n) is 4.29. The first kappa shape index (κ1) is 25.4. The van der Waals surface area contributed by atoms with Gasteiger partial charge in [-0.1, -0.05) is 0 Å². The Bertz CT molecular complexity index is 1340. The molecule has 0 aliphatic carbocycles. The van der Waals surface area contributed by atoms with Crippen molar-refractivity contribution in [2.24, 2.45) is 0 Å². The number of amides is 1. The number of anilines is 1. The Balaban J connectivity index is 2.18. The Kier molecular flexibility index (Phi) is 6.43. The maximum absolute atomic E-state index is 14.7. The second kappa shape index (κ2) is 8.86. The first-order valence-corrected chi connectivity index (χ1v) is 9.55. The van der Waals surface area contributed by atoms with Gasteiger partial charge in [-0.15, -0.1) is 24.5 Å². The summed E-state index contributed by atoms with van der Waals surface area (Å²) in [5.74, 6) is -19.3. The zero-order valence-corrected chi connectivity index (χ0v) is 17.1. The fourth-order valence-electron chi connectivity index (χ4n) is 2.88. The molecule has 3 rings (SSSR count). The topological polar surface area (TPSA) is 136 Å². The van der Waals surface area contributed by atoms with Crippen molar-refractivity contribution in [3.8, 4) is 34.1 Å². The Morgan fingerprint density at radius 1 is 0.914 bits per heavy atom. The lowest BCUT2D eigenvalue weighted by atomic mass is 9.99. The number of aromatic carboxylic acids is 1. The average molecular weight is 527 g/mol. The van der Waals surface area contributed by atoms with Crippen LogP contribution in [0.4, 0.5) is 36.4 Å². The molecule has 0 radical (unpaired) electrons. The number of ether oxygens (including phenoxy) is 1. The molecular formula is C19H8F7NO7S. The van der Waals surface area contributed by atoms with Crippen molar-refractivity contribution in [1.29, 1.82) is 0 Å². The number of phenols is 3. The molecule has 0 fully saturated rings. The van der Waals surface area contributed by atoms with Crippen LogP contribution in [0.2, 0.25) is 0 Å². The molecule has 1 heterocycles. The van der Waals surface area contributed by atoms with E-state index >= 15 is 0 Å². The molecule has 5 N–H and O–H groups in total. The molecule has 186 valence electrons. The number of carbonyl (C=O) groups is 2. The van der Waals surface area contributed by atoms with E-state index in [4.69, 9.17) is 5.11 Å². The van der Waals surface area contributed by atoms with Gasteiger partial charge in [-0.3, -0.25) is 4.79 Å². The summed E-state index contributed by atoms with van der Waals surface area (Å²) in [7, 11) is 0. The van der Waals surface area contributed by atoms with Crippen molar-refractivity contribution in [3.05, 3.63) is 51.2 Å². The van der Waals surface area contributed by atoms with Gasteiger partial charge in [-0.05, 0) is 11.4 Å². The van der Waals surface area contributed by atoms with Crippen LogP contribution in [-0.4, -0.2) is 38.7 Å². The van der Waals surface area contributed by atoms with E-state index in [9.17, 15) is 55.6 Å². The molecule has 0 atom stereocenters. The van der Waals surface area contributed by atoms with E-state index in [1.54, 1.807) is 0 Å². The lowest BCUT2D eigenvalue weighted by Crippen LogP contribution is -2.18. The third kappa shape index (κ3) is 4.59. The Labute approximate surface area is 192 Å². The highest BCUT2D eigenvalue weighted by Gasteiger charge is 2.37. The molecule has 0 unspecified atom stereocenters. The number of carbonyl (C=O) groups excluding carboxylic acids is 1. The fourth-order valence-corrected chi connectivity index (χ4v) is 3.61. The lowest BCUT2D eigenvalue weighted by molar-refractivity contribution is -0.275. The van der Waals surface area contributed by atoms with E-state index in [2.05, 4.69) is 4.74 Å². The first-order valence-electron chi connectivity index (χ1n) is 8.67. The predicted octanol–water partition coefficient (Wildman–Crippen LogP) is 4.94. The molecule has 0 aliphatic rings. The van der Waals surface area contributed by atoms with Crippen LogP contribution < -0.4 is 10.1 Å². The molecule has 16 heteroatoms. The summed E-state index contributed by atoms with van der Waals surface area (Å²) in [6.45, 7) is 0. The predicted molar refractivity (Wildman–Crippen MR) is 103 cm³/mol. The number of aromatic hydroxyl groups is 3. The van der Waals surface area contributed by atoms with Gasteiger partial charge in [0.1, 0.15) is 16.3 Å². The monoisotopic (exact) mass is 527 g/mol. The van der Waals surface area contributed by atoms with Gasteiger partial charge in [0.25, 0.3) is 5.91 Å². The Morgan fingerprint density at radius 2 is 1.49 bits per heavy atom. The number of halogens is 7. The molecule has 35 heavy (non-hydrogen) atoms. The third-order valence-corrected chi connectivity index (χ3v) is 5.19. The minimum atomic E-state index is -5.55. The van der Waals surface area contributed by atoms with Crippen LogP contribution >= 0.6 is 11.3 Å². The standard InChI is InChI=1S/C19H8F7NO7S/c20-9-8(7-5(28)3-6(29)15(14(7)30)34-19(24,25)26)10(21)12(23)13(11(9)22)27-17(31)4-1-2-35-16(4)18(32)33/h1-3,28-30H,(H,27,31)(H,32,33). The first-order chi connectivity index (χ1) is 16.2. The van der Waals surface area contributed by atoms with Gasteiger partial charge in [-0.2, -0.15) is 0 Å². The van der Waals surface area contributed by atoms with Crippen molar-refractivity contribution in [2.75, 3.05) is 5.32 Å². The van der Waals surface area contributed by atoms with Crippen LogP contribution in [0.25, 0.3) is 11.1 Å². The summed E-state index contributed by atoms with van der Waals surface area (Å²) in [4.78, 5) is 22.8. The van der Waals surface area contributed by atoms with Gasteiger partial charge in [-0.25, -0.2) is 22.4 Å². The highest BCUT2D eigenvalue weighted by atomic mass is 32.1. The molecule has 2 aromatic carbocycles. The van der Waals surface area contributed by atoms with E-state index < -0.39 is 91.8 Å². The maximum atomic E-state index is 14.7. The fraction of sp³-hybridized carbons (Fsp3) is 0.0526. The lowest BCUT2D eigenvalue weighted by Gasteiger charge is -2.18. The van der Waals surface area contributed by atoms with Crippen LogP contribution in [0.5, 0.6) is 23.0 Å². The van der Waals surface area contributed by atoms with Crippen molar-refractivity contribution >= 4 is 28.9 Å². The van der Waals surface area contributed by atoms with Crippen molar-refractivity contribution in [1.82, 2.24) is 0 Å². The minimum Gasteiger partial charge on any atom is -0.507 e. The quantitative estimate of drug-likeness (QED) is 0.234. The van der Waals surface area contributed by atoms with E-state index in [1.807, 2.05) is 0 Å². The summed E-state index contributed by atoms with van der Waals surface area (Å²) >= 11 is 0.556. The number of benzene rings is 2. The van der Waals surface area contributed by atoms with Crippen LogP contribution in [0.1, 0.15) is 20.0 Å². The number of thiophene rings is 1. The molecule has 8 nitrogen and oxygen atoms in total. The molecule has 1 amide bonds. The highest BCUT2D eigenvalue weighted by Crippen LogP contribution is 2.52. The molecule has 0 bridgehead atoms. The molecule has 0 aliphatic heterocycles. The van der Waals surface area contributed by atoms with Gasteiger partial charge in [0.15, 0.2) is 34.8 Å². The van der Waals surface area contributed by atoms with Crippen LogP contribution in [0.15, 0.2) is 17.5 Å². The summed E-state index contributed by atoms with van der Waals surface area (Å²) in [5, 5.41) is 40.9. The number of phenolic OH excluding ortho intramolecular Hbond substituents is 3. The number of hydrogen-bond acceptors (Lipinski definition) is 7. The van der Waals surface area contributed by atoms with Gasteiger partial charge in [0.2, 0.25) is 5.75 Å². The molecule has 0 saturated heterocycles. The highest BCUT2D eigenvalue weighted by molar-refractivity contribution is 7.12. The Hall–Kier alpha value is -4.21. The second-order valence-electron chi connectivity index (χ2n) is 6.44. The number of nitrogens with one attached hydrogen (secondary N) is 1. The van der Waals surface area contributed by atoms with Crippen molar-refractivity contribution < 1.29 is 65.5 Å². The SMILES string of the molecule is O=C(Nc1c(F)c(F)c(-c2c(O)cc(O)c(OC(F)(F)F)c2O)c(F)c1F)c1ccsc1C(=O)O. The smallest absolute Gasteiger partial charge is 0.507 e. The van der Waals surface area contributed by atoms with Gasteiger partial charge >= 0.3 is 12.3 Å². The Morgan fingerprint density at radius 3 is 2.00 bits per heavy atom. The number of carboxylic acids is 1. The number of alkyl halides is 3. The average Bonchev–Trinajstić information content (AvgIpc) is 3.25. The zero-order valence-electron chi connectivity index (χ0n) is 16.3. The number of carboxylic acid groups (broad SMARTS) is 1.